The largest absolute Gasteiger partial charge is 0.394 e. The number of hydrogen-bond acceptors (Lipinski definition) is 4. The van der Waals surface area contributed by atoms with Crippen molar-refractivity contribution in [1.29, 1.82) is 0 Å². The molecule has 2 N–H and O–H groups in total. The normalized spacial score (nSPS) is 17.6. The van der Waals surface area contributed by atoms with Crippen LogP contribution in [0.1, 0.15) is 24.1 Å². The molecule has 1 amide bonds. The Hall–Kier alpha value is -1.92. The summed E-state index contributed by atoms with van der Waals surface area (Å²) < 4.78 is 1.97. The number of aliphatic hydroxyl groups is 2. The molecular formula is C17H23N3O3. The maximum absolute atomic E-state index is 12.5. The van der Waals surface area contributed by atoms with Crippen LogP contribution in [0.4, 0.5) is 0 Å². The van der Waals surface area contributed by atoms with Crippen LogP contribution in [0.5, 0.6) is 0 Å². The van der Waals surface area contributed by atoms with E-state index in [1.165, 1.54) is 0 Å². The lowest BCUT2D eigenvalue weighted by atomic mass is 9.91. The van der Waals surface area contributed by atoms with Gasteiger partial charge in [0, 0.05) is 25.5 Å². The number of carbonyl (C=O) groups excluding carboxylic acids is 1. The maximum atomic E-state index is 12.5. The highest BCUT2D eigenvalue weighted by molar-refractivity contribution is 5.78. The van der Waals surface area contributed by atoms with E-state index >= 15 is 0 Å². The molecule has 0 aliphatic carbocycles. The summed E-state index contributed by atoms with van der Waals surface area (Å²) in [6.45, 7) is 3.07. The highest BCUT2D eigenvalue weighted by Gasteiger charge is 2.27. The Balaban J connectivity index is 1.64. The number of carbonyl (C=O) groups is 1. The maximum Gasteiger partial charge on any atom is 0.228 e. The van der Waals surface area contributed by atoms with Gasteiger partial charge in [-0.1, -0.05) is 6.07 Å². The number of amides is 1. The second-order valence-electron chi connectivity index (χ2n) is 6.28. The van der Waals surface area contributed by atoms with Gasteiger partial charge >= 0.3 is 0 Å². The molecule has 1 fully saturated rings. The predicted octanol–water partition coefficient (Wildman–Crippen LogP) is 0.777. The van der Waals surface area contributed by atoms with E-state index in [9.17, 15) is 9.90 Å². The van der Waals surface area contributed by atoms with E-state index in [2.05, 4.69) is 4.98 Å². The van der Waals surface area contributed by atoms with Gasteiger partial charge in [-0.05, 0) is 37.3 Å². The molecule has 1 atom stereocenters. The Bertz CT molecular complexity index is 689. The number of pyridine rings is 1. The Morgan fingerprint density at radius 3 is 2.87 bits per heavy atom. The van der Waals surface area contributed by atoms with Crippen LogP contribution in [-0.2, 0) is 11.2 Å². The lowest BCUT2D eigenvalue weighted by Crippen LogP contribution is -2.42. The van der Waals surface area contributed by atoms with Crippen molar-refractivity contribution in [2.45, 2.75) is 32.3 Å². The molecule has 0 spiro atoms. The van der Waals surface area contributed by atoms with Gasteiger partial charge in [0.1, 0.15) is 5.65 Å². The fourth-order valence-corrected chi connectivity index (χ4v) is 3.28. The van der Waals surface area contributed by atoms with Crippen LogP contribution in [0.2, 0.25) is 0 Å². The zero-order chi connectivity index (χ0) is 16.4. The molecule has 0 saturated carbocycles. The van der Waals surface area contributed by atoms with Crippen LogP contribution in [0.3, 0.4) is 0 Å². The first-order chi connectivity index (χ1) is 11.1. The molecule has 0 radical (unpaired) electrons. The van der Waals surface area contributed by atoms with Gasteiger partial charge in [0.05, 0.1) is 24.8 Å². The Morgan fingerprint density at radius 2 is 2.17 bits per heavy atom. The number of rotatable bonds is 4. The molecule has 124 valence electrons. The van der Waals surface area contributed by atoms with Gasteiger partial charge in [-0.2, -0.15) is 0 Å². The lowest BCUT2D eigenvalue weighted by Gasteiger charge is -2.33. The van der Waals surface area contributed by atoms with E-state index in [1.807, 2.05) is 34.6 Å². The van der Waals surface area contributed by atoms with Gasteiger partial charge < -0.3 is 19.5 Å². The highest BCUT2D eigenvalue weighted by Crippen LogP contribution is 2.21. The molecule has 23 heavy (non-hydrogen) atoms. The Morgan fingerprint density at radius 1 is 1.43 bits per heavy atom. The minimum absolute atomic E-state index is 0.0856. The number of aryl methyl sites for hydroxylation is 1. The van der Waals surface area contributed by atoms with Crippen molar-refractivity contribution in [3.8, 4) is 0 Å². The summed E-state index contributed by atoms with van der Waals surface area (Å²) in [5.74, 6) is 0.174. The van der Waals surface area contributed by atoms with Crippen molar-refractivity contribution in [2.24, 2.45) is 5.92 Å². The van der Waals surface area contributed by atoms with Crippen LogP contribution in [0.25, 0.3) is 5.65 Å². The quantitative estimate of drug-likeness (QED) is 0.873. The van der Waals surface area contributed by atoms with Crippen LogP contribution >= 0.6 is 0 Å². The third-order valence-corrected chi connectivity index (χ3v) is 4.76. The fourth-order valence-electron chi connectivity index (χ4n) is 3.28. The number of hydrogen-bond donors (Lipinski definition) is 2. The number of aliphatic hydroxyl groups excluding tert-OH is 2. The smallest absolute Gasteiger partial charge is 0.228 e. The van der Waals surface area contributed by atoms with Crippen molar-refractivity contribution in [3.05, 3.63) is 35.8 Å². The first kappa shape index (κ1) is 16.0. The molecule has 1 aliphatic heterocycles. The summed E-state index contributed by atoms with van der Waals surface area (Å²) in [5.41, 5.74) is 2.87. The van der Waals surface area contributed by atoms with Crippen molar-refractivity contribution in [2.75, 3.05) is 19.7 Å². The third-order valence-electron chi connectivity index (χ3n) is 4.76. The monoisotopic (exact) mass is 317 g/mol. The van der Waals surface area contributed by atoms with Crippen LogP contribution < -0.4 is 0 Å². The number of nitrogens with zero attached hydrogens (tertiary/aromatic N) is 3. The van der Waals surface area contributed by atoms with Crippen molar-refractivity contribution < 1.29 is 15.0 Å². The molecule has 2 aromatic rings. The first-order valence-electron chi connectivity index (χ1n) is 8.08. The molecule has 1 saturated heterocycles. The van der Waals surface area contributed by atoms with Crippen molar-refractivity contribution in [1.82, 2.24) is 14.3 Å². The second-order valence-corrected chi connectivity index (χ2v) is 6.28. The minimum atomic E-state index is -0.672. The molecule has 2 aromatic heterocycles. The number of imidazole rings is 1. The molecular weight excluding hydrogens is 294 g/mol. The molecule has 1 unspecified atom stereocenters. The van der Waals surface area contributed by atoms with Gasteiger partial charge in [-0.3, -0.25) is 4.79 Å². The van der Waals surface area contributed by atoms with E-state index in [1.54, 1.807) is 6.20 Å². The standard InChI is InChI=1S/C17H23N3O3/c1-12-3-2-6-20-14(10-18-17(12)20)9-16(23)19-7-4-13(5-8-19)15(22)11-21/h2-3,6,10,13,15,21-22H,4-5,7-9,11H2,1H3. The van der Waals surface area contributed by atoms with Crippen LogP contribution in [-0.4, -0.2) is 56.2 Å². The Kier molecular flexibility index (Phi) is 4.63. The number of fused-ring (bicyclic) bond motifs is 1. The molecule has 6 nitrogen and oxygen atoms in total. The van der Waals surface area contributed by atoms with Gasteiger partial charge in [0.25, 0.3) is 0 Å². The zero-order valence-electron chi connectivity index (χ0n) is 13.4. The van der Waals surface area contributed by atoms with Gasteiger partial charge in [-0.15, -0.1) is 0 Å². The predicted molar refractivity (Wildman–Crippen MR) is 86.0 cm³/mol. The molecule has 0 bridgehead atoms. The van der Waals surface area contributed by atoms with Crippen molar-refractivity contribution in [3.63, 3.8) is 0 Å². The average molecular weight is 317 g/mol. The van der Waals surface area contributed by atoms with E-state index < -0.39 is 6.10 Å². The molecule has 6 heteroatoms. The first-order valence-corrected chi connectivity index (χ1v) is 8.08. The molecule has 0 aromatic carbocycles. The third kappa shape index (κ3) is 3.23. The summed E-state index contributed by atoms with van der Waals surface area (Å²) in [4.78, 5) is 18.8. The topological polar surface area (TPSA) is 78.1 Å². The number of piperidine rings is 1. The molecule has 3 heterocycles. The second kappa shape index (κ2) is 6.68. The van der Waals surface area contributed by atoms with Crippen LogP contribution in [0.15, 0.2) is 24.5 Å². The summed E-state index contributed by atoms with van der Waals surface area (Å²) in [5, 5.41) is 18.7. The van der Waals surface area contributed by atoms with E-state index in [0.29, 0.717) is 19.5 Å². The molecule has 1 aliphatic rings. The number of aromatic nitrogens is 2. The highest BCUT2D eigenvalue weighted by atomic mass is 16.3. The summed E-state index contributed by atoms with van der Waals surface area (Å²) in [7, 11) is 0. The average Bonchev–Trinajstić information content (AvgIpc) is 2.98. The fraction of sp³-hybridized carbons (Fsp3) is 0.529. The van der Waals surface area contributed by atoms with Gasteiger partial charge in [0.15, 0.2) is 0 Å². The zero-order valence-corrected chi connectivity index (χ0v) is 13.4. The summed E-state index contributed by atoms with van der Waals surface area (Å²) >= 11 is 0. The molecule has 3 rings (SSSR count). The minimum Gasteiger partial charge on any atom is -0.394 e. The van der Waals surface area contributed by atoms with Gasteiger partial charge in [-0.25, -0.2) is 4.98 Å². The summed E-state index contributed by atoms with van der Waals surface area (Å²) in [6, 6.07) is 3.96. The van der Waals surface area contributed by atoms with Crippen LogP contribution in [0, 0.1) is 12.8 Å². The number of likely N-dealkylation sites (tertiary alicyclic amines) is 1. The lowest BCUT2D eigenvalue weighted by molar-refractivity contribution is -0.132. The Labute approximate surface area is 135 Å². The summed E-state index contributed by atoms with van der Waals surface area (Å²) in [6.07, 6.45) is 4.83. The van der Waals surface area contributed by atoms with Crippen molar-refractivity contribution >= 4 is 11.6 Å². The van der Waals surface area contributed by atoms with Gasteiger partial charge in [0.2, 0.25) is 5.91 Å². The van der Waals surface area contributed by atoms with E-state index in [0.717, 1.165) is 29.7 Å². The SMILES string of the molecule is Cc1cccn2c(CC(=O)N3CCC(C(O)CO)CC3)cnc12. The van der Waals surface area contributed by atoms with E-state index in [4.69, 9.17) is 5.11 Å². The van der Waals surface area contributed by atoms with E-state index in [-0.39, 0.29) is 18.4 Å².